The van der Waals surface area contributed by atoms with Crippen LogP contribution in [0.1, 0.15) is 45.6 Å². The minimum absolute atomic E-state index is 0.0140. The highest BCUT2D eigenvalue weighted by molar-refractivity contribution is 5.97. The van der Waals surface area contributed by atoms with Crippen molar-refractivity contribution in [3.8, 4) is 0 Å². The summed E-state index contributed by atoms with van der Waals surface area (Å²) in [4.78, 5) is 48.1. The van der Waals surface area contributed by atoms with Gasteiger partial charge in [0.15, 0.2) is 0 Å². The van der Waals surface area contributed by atoms with Gasteiger partial charge >= 0.3 is 11.8 Å². The zero-order chi connectivity index (χ0) is 28.4. The van der Waals surface area contributed by atoms with Gasteiger partial charge in [0.2, 0.25) is 17.6 Å². The van der Waals surface area contributed by atoms with Crippen molar-refractivity contribution >= 4 is 29.4 Å². The van der Waals surface area contributed by atoms with Gasteiger partial charge in [0.05, 0.1) is 6.54 Å². The van der Waals surface area contributed by atoms with E-state index in [4.69, 9.17) is 5.11 Å². The molecule has 1 aromatic carbocycles. The summed E-state index contributed by atoms with van der Waals surface area (Å²) in [6.07, 6.45) is -0.779. The van der Waals surface area contributed by atoms with Gasteiger partial charge < -0.3 is 46.8 Å². The molecule has 208 valence electrons. The molecule has 0 saturated carbocycles. The minimum Gasteiger partial charge on any atom is -0.481 e. The molecule has 0 heterocycles. The number of hydrogen-bond donors (Lipinski definition) is 9. The van der Waals surface area contributed by atoms with E-state index in [0.717, 1.165) is 0 Å². The molecule has 0 aliphatic heterocycles. The highest BCUT2D eigenvalue weighted by Gasteiger charge is 2.54. The molecule has 0 fully saturated rings. The molecule has 1 rings (SSSR count). The molecule has 0 saturated heterocycles. The first-order valence-corrected chi connectivity index (χ1v) is 11.9. The Kier molecular flexibility index (Phi) is 12.1. The van der Waals surface area contributed by atoms with Crippen LogP contribution in [-0.4, -0.2) is 86.5 Å². The Hall–Kier alpha value is -3.10. The molecule has 0 aliphatic rings. The number of rotatable bonds is 15. The van der Waals surface area contributed by atoms with Crippen molar-refractivity contribution in [1.82, 2.24) is 16.0 Å². The molecule has 0 radical (unpaired) electrons. The lowest BCUT2D eigenvalue weighted by Crippen LogP contribution is -2.63. The minimum atomic E-state index is -3.70. The van der Waals surface area contributed by atoms with Crippen molar-refractivity contribution in [3.63, 3.8) is 0 Å². The van der Waals surface area contributed by atoms with Crippen LogP contribution in [0.5, 0.6) is 0 Å². The van der Waals surface area contributed by atoms with Gasteiger partial charge in [-0.2, -0.15) is 0 Å². The number of carboxylic acid groups (broad SMARTS) is 1. The van der Waals surface area contributed by atoms with Gasteiger partial charge in [-0.3, -0.25) is 19.2 Å². The highest BCUT2D eigenvalue weighted by Crippen LogP contribution is 2.26. The summed E-state index contributed by atoms with van der Waals surface area (Å²) in [5, 5.41) is 60.3. The number of benzene rings is 1. The molecule has 37 heavy (non-hydrogen) atoms. The number of aryl methyl sites for hydroxylation is 1. The molecular formula is C24H38N4O9. The Morgan fingerprint density at radius 1 is 0.973 bits per heavy atom. The number of hydrogen-bond acceptors (Lipinski definition) is 9. The standard InChI is InChI=1S/C24H38N4O9/c1-14(2)11-18(27-19(29)13-25-4)21(32)26-15(3)12-23(34,35)24(36,37)22(33)28-17-8-6-5-7-16(17)9-10-20(30)31/h5-8,14-15,18,25,34-37H,9-13H2,1-4H3,(H,26,32)(H,27,29)(H,28,33)(H,30,31)/t15?,18-/m0/s1. The fourth-order valence-corrected chi connectivity index (χ4v) is 3.57. The molecule has 0 bridgehead atoms. The number of aliphatic hydroxyl groups is 4. The van der Waals surface area contributed by atoms with Gasteiger partial charge in [-0.1, -0.05) is 32.0 Å². The third kappa shape index (κ3) is 10.1. The van der Waals surface area contributed by atoms with Crippen LogP contribution >= 0.6 is 0 Å². The fraction of sp³-hybridized carbons (Fsp3) is 0.583. The van der Waals surface area contributed by atoms with E-state index in [2.05, 4.69) is 21.3 Å². The quantitative estimate of drug-likeness (QED) is 0.122. The maximum atomic E-state index is 12.7. The van der Waals surface area contributed by atoms with Crippen LogP contribution in [0.2, 0.25) is 0 Å². The van der Waals surface area contributed by atoms with Crippen molar-refractivity contribution in [3.05, 3.63) is 29.8 Å². The molecule has 9 N–H and O–H groups in total. The normalized spacial score (nSPS) is 13.5. The lowest BCUT2D eigenvalue weighted by atomic mass is 9.96. The number of carbonyl (C=O) groups excluding carboxylic acids is 3. The predicted octanol–water partition coefficient (Wildman–Crippen LogP) is -1.35. The van der Waals surface area contributed by atoms with Crippen LogP contribution in [-0.2, 0) is 25.6 Å². The van der Waals surface area contributed by atoms with Crippen molar-refractivity contribution < 1.29 is 44.7 Å². The molecule has 13 nitrogen and oxygen atoms in total. The number of aliphatic carboxylic acids is 1. The first-order valence-electron chi connectivity index (χ1n) is 11.9. The summed E-state index contributed by atoms with van der Waals surface area (Å²) in [6, 6.07) is 4.05. The average molecular weight is 527 g/mol. The van der Waals surface area contributed by atoms with E-state index in [1.807, 2.05) is 13.8 Å². The second-order valence-electron chi connectivity index (χ2n) is 9.39. The van der Waals surface area contributed by atoms with Gasteiger partial charge in [0, 0.05) is 24.6 Å². The monoisotopic (exact) mass is 526 g/mol. The van der Waals surface area contributed by atoms with E-state index in [9.17, 15) is 39.6 Å². The molecular weight excluding hydrogens is 488 g/mol. The molecule has 2 atom stereocenters. The zero-order valence-corrected chi connectivity index (χ0v) is 21.4. The summed E-state index contributed by atoms with van der Waals surface area (Å²) in [5.41, 5.74) is 0.444. The van der Waals surface area contributed by atoms with E-state index < -0.39 is 53.8 Å². The van der Waals surface area contributed by atoms with E-state index in [-0.39, 0.29) is 31.0 Å². The van der Waals surface area contributed by atoms with Crippen LogP contribution < -0.4 is 21.3 Å². The Morgan fingerprint density at radius 2 is 1.59 bits per heavy atom. The predicted molar refractivity (Wildman–Crippen MR) is 133 cm³/mol. The number of amides is 3. The molecule has 1 unspecified atom stereocenters. The number of carboxylic acids is 1. The number of nitrogens with one attached hydrogen (secondary N) is 4. The number of carbonyl (C=O) groups is 4. The summed E-state index contributed by atoms with van der Waals surface area (Å²) >= 11 is 0. The van der Waals surface area contributed by atoms with Crippen LogP contribution in [0.4, 0.5) is 5.69 Å². The molecule has 1 aromatic rings. The Morgan fingerprint density at radius 3 is 2.16 bits per heavy atom. The van der Waals surface area contributed by atoms with Crippen molar-refractivity contribution in [2.75, 3.05) is 18.9 Å². The van der Waals surface area contributed by atoms with Crippen LogP contribution in [0.15, 0.2) is 24.3 Å². The third-order valence-corrected chi connectivity index (χ3v) is 5.42. The third-order valence-electron chi connectivity index (χ3n) is 5.42. The van der Waals surface area contributed by atoms with Crippen LogP contribution in [0.3, 0.4) is 0 Å². The van der Waals surface area contributed by atoms with Gasteiger partial charge in [0.1, 0.15) is 6.04 Å². The lowest BCUT2D eigenvalue weighted by molar-refractivity contribution is -0.338. The van der Waals surface area contributed by atoms with E-state index in [0.29, 0.717) is 12.0 Å². The van der Waals surface area contributed by atoms with Gasteiger partial charge in [-0.15, -0.1) is 0 Å². The largest absolute Gasteiger partial charge is 0.481 e. The smallest absolute Gasteiger partial charge is 0.303 e. The Balaban J connectivity index is 2.92. The van der Waals surface area contributed by atoms with Gasteiger partial charge in [-0.25, -0.2) is 0 Å². The van der Waals surface area contributed by atoms with E-state index >= 15 is 0 Å². The molecule has 13 heteroatoms. The van der Waals surface area contributed by atoms with Gasteiger partial charge in [0.25, 0.3) is 5.91 Å². The highest BCUT2D eigenvalue weighted by atomic mass is 16.6. The van der Waals surface area contributed by atoms with E-state index in [1.54, 1.807) is 13.1 Å². The lowest BCUT2D eigenvalue weighted by Gasteiger charge is -2.35. The average Bonchev–Trinajstić information content (AvgIpc) is 2.77. The van der Waals surface area contributed by atoms with Crippen molar-refractivity contribution in [2.24, 2.45) is 5.92 Å². The number of likely N-dealkylation sites (N-methyl/N-ethyl adjacent to an activating group) is 1. The molecule has 3 amide bonds. The first-order chi connectivity index (χ1) is 17.1. The van der Waals surface area contributed by atoms with Gasteiger partial charge in [-0.05, 0) is 44.4 Å². The fourth-order valence-electron chi connectivity index (χ4n) is 3.57. The van der Waals surface area contributed by atoms with Crippen LogP contribution in [0.25, 0.3) is 0 Å². The topological polar surface area (TPSA) is 218 Å². The number of anilines is 1. The Bertz CT molecular complexity index is 950. The Labute approximate surface area is 215 Å². The molecule has 0 spiro atoms. The summed E-state index contributed by atoms with van der Waals surface area (Å²) < 4.78 is 0. The van der Waals surface area contributed by atoms with Crippen LogP contribution in [0, 0.1) is 5.92 Å². The maximum absolute atomic E-state index is 12.7. The number of para-hydroxylation sites is 1. The summed E-state index contributed by atoms with van der Waals surface area (Å²) in [6.45, 7) is 5.05. The maximum Gasteiger partial charge on any atom is 0.303 e. The second-order valence-corrected chi connectivity index (χ2v) is 9.39. The first kappa shape index (κ1) is 31.9. The van der Waals surface area contributed by atoms with E-state index in [1.165, 1.54) is 25.1 Å². The second kappa shape index (κ2) is 14.0. The van der Waals surface area contributed by atoms with Crippen molar-refractivity contribution in [2.45, 2.75) is 70.1 Å². The zero-order valence-electron chi connectivity index (χ0n) is 21.4. The SMILES string of the molecule is CNCC(=O)N[C@@H](CC(C)C)C(=O)NC(C)CC(O)(O)C(O)(O)C(=O)Nc1ccccc1CCC(=O)O. The molecule has 0 aromatic heterocycles. The van der Waals surface area contributed by atoms with Crippen molar-refractivity contribution in [1.29, 1.82) is 0 Å². The summed E-state index contributed by atoms with van der Waals surface area (Å²) in [5.74, 6) is -10.7. The molecule has 0 aliphatic carbocycles. The summed E-state index contributed by atoms with van der Waals surface area (Å²) in [7, 11) is 1.57.